The lowest BCUT2D eigenvalue weighted by Gasteiger charge is -2.08. The number of nitrogens with two attached hydrogens (primary N) is 1. The van der Waals surface area contributed by atoms with Crippen molar-refractivity contribution in [1.82, 2.24) is 9.97 Å². The van der Waals surface area contributed by atoms with E-state index in [4.69, 9.17) is 10.5 Å². The summed E-state index contributed by atoms with van der Waals surface area (Å²) in [6, 6.07) is 0. The molecule has 0 spiro atoms. The maximum atomic E-state index is 5.84. The predicted octanol–water partition coefficient (Wildman–Crippen LogP) is 2.54. The maximum Gasteiger partial charge on any atom is 0.156 e. The van der Waals surface area contributed by atoms with Crippen molar-refractivity contribution in [3.63, 3.8) is 0 Å². The highest BCUT2D eigenvalue weighted by atomic mass is 127. The number of aryl methyl sites for hydroxylation is 1. The molecule has 0 saturated carbocycles. The van der Waals surface area contributed by atoms with Gasteiger partial charge in [-0.2, -0.15) is 0 Å². The molecule has 0 unspecified atom stereocenters. The number of rotatable bonds is 6. The van der Waals surface area contributed by atoms with Crippen molar-refractivity contribution in [1.29, 1.82) is 0 Å². The third-order valence-corrected chi connectivity index (χ3v) is 3.23. The smallest absolute Gasteiger partial charge is 0.156 e. The SMILES string of the molecule is CCCOCc1nc(N)c(I)c(CCC)n1. The number of nitrogens with zero attached hydrogens (tertiary/aromatic N) is 2. The minimum absolute atomic E-state index is 0.450. The Morgan fingerprint density at radius 3 is 2.62 bits per heavy atom. The first kappa shape index (κ1) is 13.6. The summed E-state index contributed by atoms with van der Waals surface area (Å²) in [5.41, 5.74) is 6.87. The van der Waals surface area contributed by atoms with Gasteiger partial charge in [0.2, 0.25) is 0 Å². The molecule has 4 nitrogen and oxygen atoms in total. The van der Waals surface area contributed by atoms with Crippen LogP contribution in [0.15, 0.2) is 0 Å². The molecule has 90 valence electrons. The van der Waals surface area contributed by atoms with Crippen LogP contribution in [0.4, 0.5) is 5.82 Å². The Bertz CT molecular complexity index is 344. The average Bonchev–Trinajstić information content (AvgIpc) is 2.26. The van der Waals surface area contributed by atoms with Gasteiger partial charge in [0.1, 0.15) is 12.4 Å². The quantitative estimate of drug-likeness (QED) is 0.641. The first-order valence-electron chi connectivity index (χ1n) is 5.57. The Balaban J connectivity index is 2.77. The van der Waals surface area contributed by atoms with Crippen LogP contribution in [0.5, 0.6) is 0 Å². The Morgan fingerprint density at radius 2 is 2.00 bits per heavy atom. The summed E-state index contributed by atoms with van der Waals surface area (Å²) in [7, 11) is 0. The Kier molecular flexibility index (Phi) is 5.97. The summed E-state index contributed by atoms with van der Waals surface area (Å²) in [5, 5.41) is 0. The standard InChI is InChI=1S/C11H18IN3O/c1-3-5-8-10(12)11(13)15-9(14-8)7-16-6-4-2/h3-7H2,1-2H3,(H2,13,14,15). The summed E-state index contributed by atoms with van der Waals surface area (Å²) in [6.45, 7) is 5.39. The van der Waals surface area contributed by atoms with Crippen molar-refractivity contribution in [2.45, 2.75) is 39.7 Å². The van der Waals surface area contributed by atoms with Gasteiger partial charge in [0.05, 0.1) is 9.26 Å². The molecule has 0 aliphatic heterocycles. The number of anilines is 1. The molecule has 0 atom stereocenters. The second-order valence-electron chi connectivity index (χ2n) is 3.59. The normalized spacial score (nSPS) is 10.7. The van der Waals surface area contributed by atoms with Crippen LogP contribution in [0.3, 0.4) is 0 Å². The zero-order valence-corrected chi connectivity index (χ0v) is 12.0. The second kappa shape index (κ2) is 7.01. The van der Waals surface area contributed by atoms with Gasteiger partial charge in [-0.3, -0.25) is 0 Å². The lowest BCUT2D eigenvalue weighted by Crippen LogP contribution is -2.08. The fraction of sp³-hybridized carbons (Fsp3) is 0.636. The number of nitrogen functional groups attached to an aromatic ring is 1. The third-order valence-electron chi connectivity index (χ3n) is 2.06. The molecule has 1 rings (SSSR count). The van der Waals surface area contributed by atoms with E-state index >= 15 is 0 Å². The lowest BCUT2D eigenvalue weighted by molar-refractivity contribution is 0.116. The van der Waals surface area contributed by atoms with E-state index in [0.717, 1.165) is 35.1 Å². The molecule has 2 N–H and O–H groups in total. The van der Waals surface area contributed by atoms with Crippen molar-refractivity contribution in [2.24, 2.45) is 0 Å². The number of halogens is 1. The number of aromatic nitrogens is 2. The van der Waals surface area contributed by atoms with Gasteiger partial charge in [-0.05, 0) is 35.4 Å². The van der Waals surface area contributed by atoms with Crippen molar-refractivity contribution in [2.75, 3.05) is 12.3 Å². The van der Waals surface area contributed by atoms with Crippen molar-refractivity contribution < 1.29 is 4.74 Å². The van der Waals surface area contributed by atoms with E-state index in [0.29, 0.717) is 18.2 Å². The highest BCUT2D eigenvalue weighted by Crippen LogP contribution is 2.18. The zero-order valence-electron chi connectivity index (χ0n) is 9.79. The van der Waals surface area contributed by atoms with Crippen LogP contribution in [-0.2, 0) is 17.8 Å². The van der Waals surface area contributed by atoms with Gasteiger partial charge in [-0.25, -0.2) is 9.97 Å². The fourth-order valence-electron chi connectivity index (χ4n) is 1.34. The number of ether oxygens (including phenoxy) is 1. The van der Waals surface area contributed by atoms with E-state index in [2.05, 4.69) is 46.4 Å². The van der Waals surface area contributed by atoms with E-state index in [1.165, 1.54) is 0 Å². The van der Waals surface area contributed by atoms with Gasteiger partial charge < -0.3 is 10.5 Å². The van der Waals surface area contributed by atoms with E-state index in [9.17, 15) is 0 Å². The van der Waals surface area contributed by atoms with Crippen LogP contribution in [0.25, 0.3) is 0 Å². The molecule has 1 aromatic rings. The highest BCUT2D eigenvalue weighted by molar-refractivity contribution is 14.1. The minimum Gasteiger partial charge on any atom is -0.383 e. The second-order valence-corrected chi connectivity index (χ2v) is 4.67. The lowest BCUT2D eigenvalue weighted by atomic mass is 10.2. The molecule has 0 radical (unpaired) electrons. The van der Waals surface area contributed by atoms with Crippen molar-refractivity contribution in [3.8, 4) is 0 Å². The molecular weight excluding hydrogens is 317 g/mol. The Hall–Kier alpha value is -0.430. The fourth-order valence-corrected chi connectivity index (χ4v) is 1.85. The molecule has 0 bridgehead atoms. The topological polar surface area (TPSA) is 61.0 Å². The summed E-state index contributed by atoms with van der Waals surface area (Å²) in [4.78, 5) is 8.69. The van der Waals surface area contributed by atoms with E-state index < -0.39 is 0 Å². The average molecular weight is 335 g/mol. The molecule has 0 saturated heterocycles. The Labute approximate surface area is 110 Å². The van der Waals surface area contributed by atoms with Gasteiger partial charge in [0.25, 0.3) is 0 Å². The van der Waals surface area contributed by atoms with Gasteiger partial charge in [-0.1, -0.05) is 20.3 Å². The summed E-state index contributed by atoms with van der Waals surface area (Å²) in [5.74, 6) is 1.25. The molecule has 0 aromatic carbocycles. The number of hydrogen-bond acceptors (Lipinski definition) is 4. The van der Waals surface area contributed by atoms with Crippen LogP contribution in [0.2, 0.25) is 0 Å². The molecule has 16 heavy (non-hydrogen) atoms. The molecule has 1 aromatic heterocycles. The molecular formula is C11H18IN3O. The molecule has 0 amide bonds. The first-order valence-corrected chi connectivity index (χ1v) is 6.65. The largest absolute Gasteiger partial charge is 0.383 e. The zero-order chi connectivity index (χ0) is 12.0. The Morgan fingerprint density at radius 1 is 1.25 bits per heavy atom. The summed E-state index contributed by atoms with van der Waals surface area (Å²) >= 11 is 2.20. The van der Waals surface area contributed by atoms with Gasteiger partial charge in [0.15, 0.2) is 5.82 Å². The molecule has 0 aliphatic carbocycles. The van der Waals surface area contributed by atoms with Gasteiger partial charge in [0, 0.05) is 6.61 Å². The van der Waals surface area contributed by atoms with E-state index in [1.54, 1.807) is 0 Å². The molecule has 1 heterocycles. The summed E-state index contributed by atoms with van der Waals surface area (Å²) in [6.07, 6.45) is 3.00. The van der Waals surface area contributed by atoms with E-state index in [1.807, 2.05) is 0 Å². The van der Waals surface area contributed by atoms with Crippen LogP contribution in [-0.4, -0.2) is 16.6 Å². The maximum absolute atomic E-state index is 5.84. The van der Waals surface area contributed by atoms with Crippen LogP contribution >= 0.6 is 22.6 Å². The molecule has 0 fully saturated rings. The van der Waals surface area contributed by atoms with Crippen LogP contribution < -0.4 is 5.73 Å². The predicted molar refractivity (Wildman–Crippen MR) is 73.1 cm³/mol. The van der Waals surface area contributed by atoms with Crippen LogP contribution in [0.1, 0.15) is 38.2 Å². The van der Waals surface area contributed by atoms with Gasteiger partial charge in [-0.15, -0.1) is 0 Å². The first-order chi connectivity index (χ1) is 7.69. The minimum atomic E-state index is 0.450. The number of hydrogen-bond donors (Lipinski definition) is 1. The molecule has 5 heteroatoms. The van der Waals surface area contributed by atoms with E-state index in [-0.39, 0.29) is 0 Å². The molecule has 0 aliphatic rings. The monoisotopic (exact) mass is 335 g/mol. The van der Waals surface area contributed by atoms with Crippen molar-refractivity contribution in [3.05, 3.63) is 15.1 Å². The van der Waals surface area contributed by atoms with Crippen molar-refractivity contribution >= 4 is 28.4 Å². The highest BCUT2D eigenvalue weighted by Gasteiger charge is 2.09. The van der Waals surface area contributed by atoms with Gasteiger partial charge >= 0.3 is 0 Å². The van der Waals surface area contributed by atoms with Crippen LogP contribution in [0, 0.1) is 3.57 Å². The summed E-state index contributed by atoms with van der Waals surface area (Å²) < 4.78 is 6.38. The third kappa shape index (κ3) is 3.86.